The second-order valence-corrected chi connectivity index (χ2v) is 7.43. The first kappa shape index (κ1) is 16.3. The molecule has 134 valence electrons. The molecule has 2 fully saturated rings. The van der Waals surface area contributed by atoms with Gasteiger partial charge < -0.3 is 4.90 Å². The number of nitrogens with zero attached hydrogens (tertiary/aromatic N) is 5. The number of carbonyl (C=O) groups is 1. The molecule has 1 saturated heterocycles. The maximum Gasteiger partial charge on any atom is 0.264 e. The van der Waals surface area contributed by atoms with E-state index in [1.54, 1.807) is 11.7 Å². The maximum absolute atomic E-state index is 12.6. The molecule has 0 N–H and O–H groups in total. The molecule has 4 rings (SSSR count). The van der Waals surface area contributed by atoms with Crippen molar-refractivity contribution in [3.8, 4) is 0 Å². The first-order chi connectivity index (χ1) is 12.1. The van der Waals surface area contributed by atoms with Crippen molar-refractivity contribution in [3.05, 3.63) is 22.9 Å². The van der Waals surface area contributed by atoms with Crippen LogP contribution in [0, 0.1) is 11.8 Å². The number of fused-ring (bicyclic) bond motifs is 2. The molecule has 2 aliphatic rings. The van der Waals surface area contributed by atoms with E-state index in [4.69, 9.17) is 0 Å². The minimum atomic E-state index is -0.128. The van der Waals surface area contributed by atoms with Gasteiger partial charge in [-0.1, -0.05) is 19.3 Å². The summed E-state index contributed by atoms with van der Waals surface area (Å²) in [4.78, 5) is 31.4. The molecule has 0 bridgehead atoms. The van der Waals surface area contributed by atoms with Crippen LogP contribution in [0.2, 0.25) is 0 Å². The van der Waals surface area contributed by atoms with Gasteiger partial charge in [-0.05, 0) is 24.7 Å². The van der Waals surface area contributed by atoms with Crippen molar-refractivity contribution in [2.45, 2.75) is 45.1 Å². The Bertz CT molecular complexity index is 840. The van der Waals surface area contributed by atoms with Crippen LogP contribution >= 0.6 is 0 Å². The Kier molecular flexibility index (Phi) is 4.31. The largest absolute Gasteiger partial charge is 0.342 e. The number of likely N-dealkylation sites (tertiary alicyclic amines) is 1. The van der Waals surface area contributed by atoms with Crippen molar-refractivity contribution in [3.63, 3.8) is 0 Å². The molecule has 7 heteroatoms. The van der Waals surface area contributed by atoms with Gasteiger partial charge in [0.2, 0.25) is 5.91 Å². The lowest BCUT2D eigenvalue weighted by Gasteiger charge is -2.41. The molecule has 2 aromatic rings. The first-order valence-corrected chi connectivity index (χ1v) is 9.28. The van der Waals surface area contributed by atoms with Gasteiger partial charge in [0.15, 0.2) is 5.65 Å². The van der Waals surface area contributed by atoms with Crippen LogP contribution in [-0.4, -0.2) is 43.2 Å². The fourth-order valence-electron chi connectivity index (χ4n) is 4.43. The molecule has 1 aliphatic heterocycles. The molecule has 3 heterocycles. The van der Waals surface area contributed by atoms with Crippen molar-refractivity contribution < 1.29 is 4.79 Å². The third-order valence-electron chi connectivity index (χ3n) is 5.93. The van der Waals surface area contributed by atoms with E-state index in [0.717, 1.165) is 25.4 Å². The van der Waals surface area contributed by atoms with E-state index in [2.05, 4.69) is 10.1 Å². The standard InChI is InChI=1S/C18H25N5O2/c1-21-17-15(10-20-21)18(25)23(12-19-17)9-7-16(24)22-8-6-13-4-2-3-5-14(13)11-22/h10,12-14H,2-9,11H2,1H3. The van der Waals surface area contributed by atoms with Gasteiger partial charge in [-0.25, -0.2) is 4.98 Å². The van der Waals surface area contributed by atoms with E-state index in [9.17, 15) is 9.59 Å². The Balaban J connectivity index is 1.40. The van der Waals surface area contributed by atoms with Crippen molar-refractivity contribution in [2.24, 2.45) is 18.9 Å². The average molecular weight is 343 g/mol. The number of aryl methyl sites for hydroxylation is 2. The number of rotatable bonds is 3. The zero-order chi connectivity index (χ0) is 17.4. The Morgan fingerprint density at radius 2 is 2.04 bits per heavy atom. The van der Waals surface area contributed by atoms with Crippen molar-refractivity contribution >= 4 is 16.9 Å². The molecular weight excluding hydrogens is 318 g/mol. The fourth-order valence-corrected chi connectivity index (χ4v) is 4.43. The van der Waals surface area contributed by atoms with E-state index < -0.39 is 0 Å². The fraction of sp³-hybridized carbons (Fsp3) is 0.667. The summed E-state index contributed by atoms with van der Waals surface area (Å²) < 4.78 is 3.11. The summed E-state index contributed by atoms with van der Waals surface area (Å²) in [5.74, 6) is 1.65. The normalized spacial score (nSPS) is 23.6. The summed E-state index contributed by atoms with van der Waals surface area (Å²) in [7, 11) is 1.76. The van der Waals surface area contributed by atoms with Gasteiger partial charge in [0.25, 0.3) is 5.56 Å². The number of carbonyl (C=O) groups excluding carboxylic acids is 1. The van der Waals surface area contributed by atoms with Crippen LogP contribution in [-0.2, 0) is 18.4 Å². The molecule has 1 saturated carbocycles. The number of hydrogen-bond donors (Lipinski definition) is 0. The molecule has 0 aromatic carbocycles. The monoisotopic (exact) mass is 343 g/mol. The SMILES string of the molecule is Cn1ncc2c(=O)n(CCC(=O)N3CCC4CCCCC4C3)cnc21. The highest BCUT2D eigenvalue weighted by molar-refractivity contribution is 5.76. The number of piperidine rings is 1. The summed E-state index contributed by atoms with van der Waals surface area (Å²) in [6, 6.07) is 0. The van der Waals surface area contributed by atoms with Gasteiger partial charge in [0.05, 0.1) is 12.5 Å². The average Bonchev–Trinajstić information content (AvgIpc) is 3.02. The first-order valence-electron chi connectivity index (χ1n) is 9.28. The molecule has 7 nitrogen and oxygen atoms in total. The molecule has 2 aromatic heterocycles. The molecule has 25 heavy (non-hydrogen) atoms. The quantitative estimate of drug-likeness (QED) is 0.848. The third kappa shape index (κ3) is 3.07. The summed E-state index contributed by atoms with van der Waals surface area (Å²) in [5, 5.41) is 4.57. The predicted octanol–water partition coefficient (Wildman–Crippen LogP) is 1.56. The third-order valence-corrected chi connectivity index (χ3v) is 5.93. The van der Waals surface area contributed by atoms with Crippen LogP contribution in [0.15, 0.2) is 17.3 Å². The molecule has 2 atom stereocenters. The Hall–Kier alpha value is -2.18. The minimum absolute atomic E-state index is 0.128. The van der Waals surface area contributed by atoms with E-state index in [0.29, 0.717) is 29.9 Å². The Morgan fingerprint density at radius 1 is 1.24 bits per heavy atom. The minimum Gasteiger partial charge on any atom is -0.342 e. The second kappa shape index (κ2) is 6.61. The maximum atomic E-state index is 12.6. The highest BCUT2D eigenvalue weighted by Crippen LogP contribution is 2.36. The van der Waals surface area contributed by atoms with Crippen molar-refractivity contribution in [2.75, 3.05) is 13.1 Å². The van der Waals surface area contributed by atoms with Crippen LogP contribution in [0.3, 0.4) is 0 Å². The van der Waals surface area contributed by atoms with Gasteiger partial charge >= 0.3 is 0 Å². The summed E-state index contributed by atoms with van der Waals surface area (Å²) in [5.41, 5.74) is 0.448. The predicted molar refractivity (Wildman–Crippen MR) is 94.0 cm³/mol. The highest BCUT2D eigenvalue weighted by atomic mass is 16.2. The van der Waals surface area contributed by atoms with E-state index in [1.165, 1.54) is 42.8 Å². The van der Waals surface area contributed by atoms with Crippen molar-refractivity contribution in [1.29, 1.82) is 0 Å². The van der Waals surface area contributed by atoms with E-state index in [1.807, 2.05) is 4.90 Å². The molecule has 1 aliphatic carbocycles. The van der Waals surface area contributed by atoms with Gasteiger partial charge in [0, 0.05) is 33.1 Å². The number of hydrogen-bond acceptors (Lipinski definition) is 4. The summed E-state index contributed by atoms with van der Waals surface area (Å²) in [6.07, 6.45) is 9.79. The second-order valence-electron chi connectivity index (χ2n) is 7.43. The van der Waals surface area contributed by atoms with E-state index in [-0.39, 0.29) is 11.5 Å². The topological polar surface area (TPSA) is 73.0 Å². The zero-order valence-electron chi connectivity index (χ0n) is 14.7. The van der Waals surface area contributed by atoms with Gasteiger partial charge in [-0.3, -0.25) is 18.8 Å². The molecular formula is C18H25N5O2. The molecule has 1 amide bonds. The van der Waals surface area contributed by atoms with Crippen LogP contribution in [0.4, 0.5) is 0 Å². The lowest BCUT2D eigenvalue weighted by atomic mass is 9.75. The van der Waals surface area contributed by atoms with Crippen LogP contribution in [0.25, 0.3) is 11.0 Å². The highest BCUT2D eigenvalue weighted by Gasteiger charge is 2.32. The molecule has 0 radical (unpaired) electrons. The molecule has 2 unspecified atom stereocenters. The zero-order valence-corrected chi connectivity index (χ0v) is 14.7. The Labute approximate surface area is 146 Å². The van der Waals surface area contributed by atoms with Crippen LogP contribution in [0.1, 0.15) is 38.5 Å². The number of amides is 1. The lowest BCUT2D eigenvalue weighted by Crippen LogP contribution is -2.45. The van der Waals surface area contributed by atoms with Gasteiger partial charge in [0.1, 0.15) is 5.39 Å². The lowest BCUT2D eigenvalue weighted by molar-refractivity contribution is -0.134. The van der Waals surface area contributed by atoms with Crippen molar-refractivity contribution in [1.82, 2.24) is 24.2 Å². The molecule has 0 spiro atoms. The number of aromatic nitrogens is 4. The van der Waals surface area contributed by atoms with Crippen LogP contribution < -0.4 is 5.56 Å². The summed E-state index contributed by atoms with van der Waals surface area (Å²) in [6.45, 7) is 2.15. The smallest absolute Gasteiger partial charge is 0.264 e. The van der Waals surface area contributed by atoms with Crippen LogP contribution in [0.5, 0.6) is 0 Å². The summed E-state index contributed by atoms with van der Waals surface area (Å²) >= 11 is 0. The van der Waals surface area contributed by atoms with Gasteiger partial charge in [-0.2, -0.15) is 5.10 Å². The van der Waals surface area contributed by atoms with E-state index >= 15 is 0 Å². The Morgan fingerprint density at radius 3 is 2.88 bits per heavy atom. The van der Waals surface area contributed by atoms with Gasteiger partial charge in [-0.15, -0.1) is 0 Å².